The van der Waals surface area contributed by atoms with Crippen LogP contribution in [0.4, 0.5) is 0 Å². The molecule has 0 radical (unpaired) electrons. The summed E-state index contributed by atoms with van der Waals surface area (Å²) in [6, 6.07) is 5.97. The van der Waals surface area contributed by atoms with E-state index in [0.717, 1.165) is 30.0 Å². The smallest absolute Gasteiger partial charge is 0.134 e. The molecule has 0 aliphatic rings. The highest BCUT2D eigenvalue weighted by Gasteiger charge is 2.17. The number of nitrogens with zero attached hydrogens (tertiary/aromatic N) is 1. The summed E-state index contributed by atoms with van der Waals surface area (Å²) in [5, 5.41) is 9.95. The van der Waals surface area contributed by atoms with Gasteiger partial charge in [0.25, 0.3) is 0 Å². The maximum absolute atomic E-state index is 9.95. The van der Waals surface area contributed by atoms with Crippen molar-refractivity contribution in [1.82, 2.24) is 4.90 Å². The maximum Gasteiger partial charge on any atom is 0.134 e. The lowest BCUT2D eigenvalue weighted by atomic mass is 10.1. The highest BCUT2D eigenvalue weighted by Crippen LogP contribution is 2.20. The molecule has 0 saturated carbocycles. The van der Waals surface area contributed by atoms with Crippen molar-refractivity contribution in [2.75, 3.05) is 26.7 Å². The molecule has 116 valence electrons. The van der Waals surface area contributed by atoms with Crippen LogP contribution in [-0.4, -0.2) is 42.4 Å². The third-order valence-electron chi connectivity index (χ3n) is 3.05. The SMILES string of the molecule is CCN(Cc1ccc(OC)c(C#CCN)c1)CC(C)(C)O. The minimum atomic E-state index is -0.704. The lowest BCUT2D eigenvalue weighted by Gasteiger charge is -2.28. The van der Waals surface area contributed by atoms with Gasteiger partial charge in [0.1, 0.15) is 5.75 Å². The van der Waals surface area contributed by atoms with Crippen molar-refractivity contribution in [3.63, 3.8) is 0 Å². The number of rotatable bonds is 6. The second-order valence-corrected chi connectivity index (χ2v) is 5.66. The van der Waals surface area contributed by atoms with Crippen molar-refractivity contribution < 1.29 is 9.84 Å². The standard InChI is InChI=1S/C17H26N2O2/c1-5-19(13-17(2,3)20)12-14-8-9-16(21-4)15(11-14)7-6-10-18/h8-9,11,20H,5,10,12-13,18H2,1-4H3. The molecule has 0 aromatic heterocycles. The lowest BCUT2D eigenvalue weighted by molar-refractivity contribution is 0.0353. The van der Waals surface area contributed by atoms with E-state index in [-0.39, 0.29) is 0 Å². The molecule has 0 saturated heterocycles. The average molecular weight is 290 g/mol. The fraction of sp³-hybridized carbons (Fsp3) is 0.529. The monoisotopic (exact) mass is 290 g/mol. The van der Waals surface area contributed by atoms with E-state index in [9.17, 15) is 5.11 Å². The Labute approximate surface area is 127 Å². The molecule has 0 unspecified atom stereocenters. The van der Waals surface area contributed by atoms with Crippen molar-refractivity contribution >= 4 is 0 Å². The van der Waals surface area contributed by atoms with Crippen LogP contribution in [0, 0.1) is 11.8 Å². The normalized spacial score (nSPS) is 11.2. The van der Waals surface area contributed by atoms with Crippen molar-refractivity contribution in [1.29, 1.82) is 0 Å². The zero-order valence-electron chi connectivity index (χ0n) is 13.4. The highest BCUT2D eigenvalue weighted by molar-refractivity contribution is 5.48. The molecular formula is C17H26N2O2. The number of benzene rings is 1. The Morgan fingerprint density at radius 2 is 2.10 bits per heavy atom. The summed E-state index contributed by atoms with van der Waals surface area (Å²) < 4.78 is 5.31. The maximum atomic E-state index is 9.95. The van der Waals surface area contributed by atoms with E-state index in [4.69, 9.17) is 10.5 Å². The van der Waals surface area contributed by atoms with Crippen molar-refractivity contribution in [2.24, 2.45) is 5.73 Å². The van der Waals surface area contributed by atoms with E-state index in [1.807, 2.05) is 32.0 Å². The molecule has 0 atom stereocenters. The molecule has 0 fully saturated rings. The molecule has 1 aromatic carbocycles. The van der Waals surface area contributed by atoms with Gasteiger partial charge in [0.15, 0.2) is 0 Å². The zero-order chi connectivity index (χ0) is 15.9. The first-order chi connectivity index (χ1) is 9.89. The number of hydrogen-bond donors (Lipinski definition) is 2. The minimum absolute atomic E-state index is 0.327. The lowest BCUT2D eigenvalue weighted by Crippen LogP contribution is -2.38. The number of nitrogens with two attached hydrogens (primary N) is 1. The molecule has 1 rings (SSSR count). The van der Waals surface area contributed by atoms with Crippen LogP contribution in [0.15, 0.2) is 18.2 Å². The molecule has 0 amide bonds. The summed E-state index contributed by atoms with van der Waals surface area (Å²) in [6.07, 6.45) is 0. The van der Waals surface area contributed by atoms with Gasteiger partial charge in [-0.1, -0.05) is 24.8 Å². The second-order valence-electron chi connectivity index (χ2n) is 5.66. The van der Waals surface area contributed by atoms with Crippen LogP contribution >= 0.6 is 0 Å². The molecule has 0 heterocycles. The summed E-state index contributed by atoms with van der Waals surface area (Å²) in [7, 11) is 1.63. The van der Waals surface area contributed by atoms with E-state index in [1.165, 1.54) is 0 Å². The van der Waals surface area contributed by atoms with Gasteiger partial charge in [0.05, 0.1) is 24.8 Å². The molecule has 21 heavy (non-hydrogen) atoms. The predicted molar refractivity (Wildman–Crippen MR) is 86.2 cm³/mol. The third-order valence-corrected chi connectivity index (χ3v) is 3.05. The summed E-state index contributed by atoms with van der Waals surface area (Å²) in [6.45, 7) is 8.32. The van der Waals surface area contributed by atoms with Crippen molar-refractivity contribution in [3.05, 3.63) is 29.3 Å². The van der Waals surface area contributed by atoms with Crippen molar-refractivity contribution in [3.8, 4) is 17.6 Å². The fourth-order valence-electron chi connectivity index (χ4n) is 2.18. The summed E-state index contributed by atoms with van der Waals surface area (Å²) in [5.41, 5.74) is 6.71. The Hall–Kier alpha value is -1.54. The molecule has 4 heteroatoms. The van der Waals surface area contributed by atoms with Gasteiger partial charge in [-0.05, 0) is 38.1 Å². The first-order valence-electron chi connectivity index (χ1n) is 7.20. The zero-order valence-corrected chi connectivity index (χ0v) is 13.4. The van der Waals surface area contributed by atoms with E-state index >= 15 is 0 Å². The van der Waals surface area contributed by atoms with Gasteiger partial charge in [-0.3, -0.25) is 4.90 Å². The van der Waals surface area contributed by atoms with Gasteiger partial charge in [-0.2, -0.15) is 0 Å². The molecular weight excluding hydrogens is 264 g/mol. The minimum Gasteiger partial charge on any atom is -0.495 e. The van der Waals surface area contributed by atoms with E-state index in [2.05, 4.69) is 23.7 Å². The molecule has 4 nitrogen and oxygen atoms in total. The Morgan fingerprint density at radius 3 is 2.62 bits per heavy atom. The third kappa shape index (κ3) is 6.17. The highest BCUT2D eigenvalue weighted by atomic mass is 16.5. The van der Waals surface area contributed by atoms with Crippen LogP contribution in [0.2, 0.25) is 0 Å². The van der Waals surface area contributed by atoms with Gasteiger partial charge in [0, 0.05) is 13.1 Å². The van der Waals surface area contributed by atoms with Gasteiger partial charge in [-0.15, -0.1) is 0 Å². The van der Waals surface area contributed by atoms with Crippen LogP contribution in [0.1, 0.15) is 31.9 Å². The predicted octanol–water partition coefficient (Wildman–Crippen LogP) is 1.60. The number of likely N-dealkylation sites (N-methyl/N-ethyl adjacent to an activating group) is 1. The van der Waals surface area contributed by atoms with Crippen LogP contribution in [0.3, 0.4) is 0 Å². The van der Waals surface area contributed by atoms with Crippen LogP contribution < -0.4 is 10.5 Å². The Balaban J connectivity index is 2.92. The number of hydrogen-bond acceptors (Lipinski definition) is 4. The van der Waals surface area contributed by atoms with Crippen LogP contribution in [0.25, 0.3) is 0 Å². The molecule has 1 aromatic rings. The van der Waals surface area contributed by atoms with Crippen LogP contribution in [-0.2, 0) is 6.54 Å². The average Bonchev–Trinajstić information content (AvgIpc) is 2.43. The summed E-state index contributed by atoms with van der Waals surface area (Å²) in [4.78, 5) is 2.20. The quantitative estimate of drug-likeness (QED) is 0.781. The molecule has 3 N–H and O–H groups in total. The molecule has 0 bridgehead atoms. The van der Waals surface area contributed by atoms with Gasteiger partial charge in [0.2, 0.25) is 0 Å². The Kier molecular flexibility index (Phi) is 6.70. The largest absolute Gasteiger partial charge is 0.495 e. The Bertz CT molecular complexity index is 510. The number of methoxy groups -OCH3 is 1. The number of ether oxygens (including phenoxy) is 1. The second kappa shape index (κ2) is 8.04. The van der Waals surface area contributed by atoms with Gasteiger partial charge >= 0.3 is 0 Å². The van der Waals surface area contributed by atoms with Gasteiger partial charge in [-0.25, -0.2) is 0 Å². The van der Waals surface area contributed by atoms with E-state index < -0.39 is 5.60 Å². The first-order valence-corrected chi connectivity index (χ1v) is 7.20. The fourth-order valence-corrected chi connectivity index (χ4v) is 2.18. The summed E-state index contributed by atoms with van der Waals surface area (Å²) >= 11 is 0. The molecule has 0 aliphatic carbocycles. The van der Waals surface area contributed by atoms with Crippen LogP contribution in [0.5, 0.6) is 5.75 Å². The molecule has 0 aliphatic heterocycles. The Morgan fingerprint density at radius 1 is 1.38 bits per heavy atom. The summed E-state index contributed by atoms with van der Waals surface area (Å²) in [5.74, 6) is 6.65. The number of aliphatic hydroxyl groups is 1. The van der Waals surface area contributed by atoms with Gasteiger partial charge < -0.3 is 15.6 Å². The molecule has 0 spiro atoms. The topological polar surface area (TPSA) is 58.7 Å². The first kappa shape index (κ1) is 17.5. The van der Waals surface area contributed by atoms with Crippen molar-refractivity contribution in [2.45, 2.75) is 32.9 Å². The van der Waals surface area contributed by atoms with E-state index in [1.54, 1.807) is 7.11 Å². The van der Waals surface area contributed by atoms with E-state index in [0.29, 0.717) is 13.1 Å².